The number of pyridine rings is 1. The number of imide groups is 1. The van der Waals surface area contributed by atoms with E-state index in [1.807, 2.05) is 52.0 Å². The van der Waals surface area contributed by atoms with Crippen molar-refractivity contribution in [2.45, 2.75) is 88.8 Å². The van der Waals surface area contributed by atoms with Gasteiger partial charge in [-0.2, -0.15) is 0 Å². The van der Waals surface area contributed by atoms with Crippen LogP contribution < -0.4 is 19.5 Å². The van der Waals surface area contributed by atoms with E-state index in [4.69, 9.17) is 9.47 Å². The van der Waals surface area contributed by atoms with Crippen LogP contribution in [0.3, 0.4) is 0 Å². The van der Waals surface area contributed by atoms with Gasteiger partial charge in [-0.3, -0.25) is 19.3 Å². The number of nitrogens with one attached hydrogen (secondary N) is 2. The molecule has 0 radical (unpaired) electrons. The number of hydrogen-bond acceptors (Lipinski definition) is 11. The average molecular weight is 727 g/mol. The summed E-state index contributed by atoms with van der Waals surface area (Å²) in [6.07, 6.45) is 4.99. The first-order valence-corrected chi connectivity index (χ1v) is 19.6. The molecule has 50 heavy (non-hydrogen) atoms. The molecule has 1 unspecified atom stereocenters. The number of nitrogens with zero attached hydrogens (tertiary/aromatic N) is 4. The number of sulfonamides is 1. The highest BCUT2D eigenvalue weighted by molar-refractivity contribution is 8.13. The summed E-state index contributed by atoms with van der Waals surface area (Å²) in [7, 11) is -2.38. The number of carbonyl (C=O) groups excluding carboxylic acids is 3. The Bertz CT molecular complexity index is 1820. The minimum absolute atomic E-state index is 0.0537. The third-order valence-corrected chi connectivity index (χ3v) is 12.7. The number of aromatic nitrogens is 1. The lowest BCUT2D eigenvalue weighted by atomic mass is 9.85. The van der Waals surface area contributed by atoms with E-state index < -0.39 is 62.1 Å². The zero-order chi connectivity index (χ0) is 36.0. The van der Waals surface area contributed by atoms with Crippen LogP contribution in [0.2, 0.25) is 0 Å². The number of amidine groups is 1. The number of benzene rings is 1. The third kappa shape index (κ3) is 7.03. The minimum atomic E-state index is -3.98. The second-order valence-electron chi connectivity index (χ2n) is 14.6. The largest absolute Gasteiger partial charge is 0.497 e. The quantitative estimate of drug-likeness (QED) is 0.342. The van der Waals surface area contributed by atoms with E-state index in [-0.39, 0.29) is 19.0 Å². The van der Waals surface area contributed by atoms with Crippen LogP contribution in [0.4, 0.5) is 4.79 Å². The third-order valence-electron chi connectivity index (χ3n) is 9.84. The zero-order valence-corrected chi connectivity index (χ0v) is 30.8. The Labute approximate surface area is 297 Å². The maximum Gasteiger partial charge on any atom is 0.328 e. The second kappa shape index (κ2) is 13.7. The van der Waals surface area contributed by atoms with E-state index in [1.54, 1.807) is 13.3 Å². The van der Waals surface area contributed by atoms with Crippen molar-refractivity contribution in [3.63, 3.8) is 0 Å². The van der Waals surface area contributed by atoms with E-state index in [2.05, 4.69) is 26.6 Å². The van der Waals surface area contributed by atoms with E-state index in [9.17, 15) is 22.8 Å². The van der Waals surface area contributed by atoms with E-state index >= 15 is 0 Å². The monoisotopic (exact) mass is 726 g/mol. The first-order chi connectivity index (χ1) is 23.7. The standard InChI is InChI=1S/C35H46N6O7S2/c1-7-23-19-35(23,31(43)39-50(45,46)26-10-11-26)41(30(42)28(34(3,4)5)38-32-37-14-8-16-49-32)33(44)40-20-25(17-21(40)2)48-29-27-12-9-24(47-6)18-22(27)13-15-36-29/h7,9,12-13,15,18,21,23,25-26,28H,1,8,10-11,14,16-17,19-20H2,2-6H3,(H,37,38)(H,39,43)/t21?,23-,25-,28-,35-/m1/s1. The fraction of sp³-hybridized carbons (Fsp3) is 0.571. The molecule has 2 aliphatic carbocycles. The van der Waals surface area contributed by atoms with Gasteiger partial charge in [0.2, 0.25) is 15.9 Å². The smallest absolute Gasteiger partial charge is 0.328 e. The van der Waals surface area contributed by atoms with Gasteiger partial charge in [-0.1, -0.05) is 38.6 Å². The molecule has 4 aliphatic rings. The van der Waals surface area contributed by atoms with Gasteiger partial charge in [0, 0.05) is 42.3 Å². The fourth-order valence-corrected chi connectivity index (χ4v) is 8.94. The van der Waals surface area contributed by atoms with Crippen LogP contribution in [0.15, 0.2) is 48.1 Å². The molecule has 5 atom stereocenters. The molecular formula is C35H46N6O7S2. The lowest BCUT2D eigenvalue weighted by Crippen LogP contribution is -2.65. The molecule has 15 heteroatoms. The number of amides is 4. The summed E-state index contributed by atoms with van der Waals surface area (Å²) in [6.45, 7) is 12.1. The summed E-state index contributed by atoms with van der Waals surface area (Å²) in [6, 6.07) is 5.40. The molecule has 2 aromatic rings. The molecule has 1 aromatic carbocycles. The number of urea groups is 1. The van der Waals surface area contributed by atoms with Crippen molar-refractivity contribution < 1.29 is 32.3 Å². The van der Waals surface area contributed by atoms with Gasteiger partial charge in [0.05, 0.1) is 18.9 Å². The number of ether oxygens (including phenoxy) is 2. The van der Waals surface area contributed by atoms with Crippen molar-refractivity contribution in [2.75, 3.05) is 26.0 Å². The Morgan fingerprint density at radius 2 is 1.98 bits per heavy atom. The molecule has 0 spiro atoms. The number of rotatable bonds is 10. The maximum atomic E-state index is 14.9. The van der Waals surface area contributed by atoms with Crippen LogP contribution in [0, 0.1) is 11.3 Å². The van der Waals surface area contributed by atoms with Gasteiger partial charge >= 0.3 is 6.03 Å². The molecule has 2 aliphatic heterocycles. The number of aliphatic imine (C=N–C) groups is 1. The molecule has 13 nitrogen and oxygen atoms in total. The van der Waals surface area contributed by atoms with Crippen molar-refractivity contribution in [3.8, 4) is 11.6 Å². The zero-order valence-electron chi connectivity index (χ0n) is 29.2. The fourth-order valence-electron chi connectivity index (χ4n) is 6.73. The van der Waals surface area contributed by atoms with Crippen LogP contribution >= 0.6 is 11.8 Å². The Morgan fingerprint density at radius 1 is 1.22 bits per heavy atom. The SMILES string of the molecule is C=C[C@@H]1C[C@@]1(C(=O)NS(=O)(=O)C1CC1)N(C(=O)[C@@H](NC1=NCCCS1)C(C)(C)C)C(=O)N1C[C@H](Oc2nccc3cc(OC)ccc23)CC1C. The Balaban J connectivity index is 1.34. The Hall–Kier alpha value is -3.85. The normalized spacial score (nSPS) is 25.7. The molecule has 4 amide bonds. The highest BCUT2D eigenvalue weighted by atomic mass is 32.2. The van der Waals surface area contributed by atoms with E-state index in [0.29, 0.717) is 42.6 Å². The number of thioether (sulfide) groups is 1. The van der Waals surface area contributed by atoms with Crippen LogP contribution in [0.25, 0.3) is 10.8 Å². The molecule has 2 N–H and O–H groups in total. The van der Waals surface area contributed by atoms with Crippen molar-refractivity contribution in [1.29, 1.82) is 0 Å². The number of fused-ring (bicyclic) bond motifs is 1. The van der Waals surface area contributed by atoms with Crippen molar-refractivity contribution in [1.82, 2.24) is 24.8 Å². The Morgan fingerprint density at radius 3 is 2.60 bits per heavy atom. The van der Waals surface area contributed by atoms with Gasteiger partial charge in [-0.05, 0) is 67.7 Å². The van der Waals surface area contributed by atoms with E-state index in [0.717, 1.165) is 27.8 Å². The number of likely N-dealkylation sites (tertiary alicyclic amines) is 1. The van der Waals surface area contributed by atoms with Crippen LogP contribution in [0.1, 0.15) is 59.8 Å². The lowest BCUT2D eigenvalue weighted by molar-refractivity contribution is -0.142. The van der Waals surface area contributed by atoms with Gasteiger partial charge in [-0.15, -0.1) is 6.58 Å². The molecule has 2 saturated carbocycles. The topological polar surface area (TPSA) is 160 Å². The first kappa shape index (κ1) is 36.0. The van der Waals surface area contributed by atoms with Gasteiger partial charge in [-0.25, -0.2) is 23.1 Å². The summed E-state index contributed by atoms with van der Waals surface area (Å²) in [5, 5.41) is 4.86. The van der Waals surface area contributed by atoms with Gasteiger partial charge < -0.3 is 19.7 Å². The summed E-state index contributed by atoms with van der Waals surface area (Å²) in [4.78, 5) is 55.5. The maximum absolute atomic E-state index is 14.9. The lowest BCUT2D eigenvalue weighted by Gasteiger charge is -2.40. The summed E-state index contributed by atoms with van der Waals surface area (Å²) >= 11 is 1.50. The predicted molar refractivity (Wildman–Crippen MR) is 193 cm³/mol. The highest BCUT2D eigenvalue weighted by Gasteiger charge is 2.68. The first-order valence-electron chi connectivity index (χ1n) is 17.1. The molecular weight excluding hydrogens is 681 g/mol. The van der Waals surface area contributed by atoms with Gasteiger partial charge in [0.1, 0.15) is 23.4 Å². The molecule has 1 aromatic heterocycles. The van der Waals surface area contributed by atoms with Crippen molar-refractivity contribution >= 4 is 55.6 Å². The second-order valence-corrected chi connectivity index (χ2v) is 17.7. The number of hydrogen-bond donors (Lipinski definition) is 2. The summed E-state index contributed by atoms with van der Waals surface area (Å²) in [5.41, 5.74) is -2.50. The summed E-state index contributed by atoms with van der Waals surface area (Å²) < 4.78 is 40.0. The number of carbonyl (C=O) groups is 3. The van der Waals surface area contributed by atoms with Crippen molar-refractivity contribution in [2.24, 2.45) is 16.3 Å². The molecule has 270 valence electrons. The Kier molecular flexibility index (Phi) is 9.85. The molecule has 3 fully saturated rings. The average Bonchev–Trinajstić information content (AvgIpc) is 4.01. The van der Waals surface area contributed by atoms with Crippen molar-refractivity contribution in [3.05, 3.63) is 43.1 Å². The van der Waals surface area contributed by atoms with Crippen LogP contribution in [0.5, 0.6) is 11.6 Å². The summed E-state index contributed by atoms with van der Waals surface area (Å²) in [5.74, 6) is -0.251. The molecule has 6 rings (SSSR count). The molecule has 1 saturated heterocycles. The minimum Gasteiger partial charge on any atom is -0.497 e. The van der Waals surface area contributed by atoms with E-state index in [1.165, 1.54) is 22.7 Å². The highest BCUT2D eigenvalue weighted by Crippen LogP contribution is 2.51. The number of methoxy groups -OCH3 is 1. The van der Waals surface area contributed by atoms with Crippen LogP contribution in [-0.4, -0.2) is 101 Å². The van der Waals surface area contributed by atoms with Gasteiger partial charge in [0.25, 0.3) is 11.8 Å². The van der Waals surface area contributed by atoms with Gasteiger partial charge in [0.15, 0.2) is 5.17 Å². The molecule has 3 heterocycles. The predicted octanol–water partition coefficient (Wildman–Crippen LogP) is 4.08. The molecule has 0 bridgehead atoms. The van der Waals surface area contributed by atoms with Crippen LogP contribution in [-0.2, 0) is 19.6 Å².